The van der Waals surface area contributed by atoms with Crippen molar-refractivity contribution in [1.82, 2.24) is 9.55 Å². The lowest BCUT2D eigenvalue weighted by molar-refractivity contribution is -0.144. The van der Waals surface area contributed by atoms with Crippen LogP contribution in [0, 0.1) is 6.92 Å². The fraction of sp³-hybridized carbons (Fsp3) is 0.208. The number of aromatic nitrogens is 2. The molecule has 2 aromatic heterocycles. The van der Waals surface area contributed by atoms with Crippen LogP contribution in [0.15, 0.2) is 71.5 Å². The quantitative estimate of drug-likeness (QED) is 0.325. The minimum Gasteiger partial charge on any atom is -0.464 e. The molecule has 0 amide bonds. The van der Waals surface area contributed by atoms with Crippen LogP contribution < -0.4 is 5.56 Å². The van der Waals surface area contributed by atoms with Gasteiger partial charge in [-0.1, -0.05) is 60.7 Å². The van der Waals surface area contributed by atoms with Crippen molar-refractivity contribution in [3.8, 4) is 10.4 Å². The number of esters is 1. The summed E-state index contributed by atoms with van der Waals surface area (Å²) in [7, 11) is 0. The second kappa shape index (κ2) is 9.05. The van der Waals surface area contributed by atoms with Crippen molar-refractivity contribution < 1.29 is 9.53 Å². The molecule has 30 heavy (non-hydrogen) atoms. The predicted octanol–water partition coefficient (Wildman–Crippen LogP) is 4.61. The second-order valence-electron chi connectivity index (χ2n) is 7.06. The summed E-state index contributed by atoms with van der Waals surface area (Å²) in [5.74, 6) is 0.0862. The van der Waals surface area contributed by atoms with Gasteiger partial charge in [-0.05, 0) is 37.0 Å². The summed E-state index contributed by atoms with van der Waals surface area (Å²) < 4.78 is 6.73. The lowest BCUT2D eigenvalue weighted by Gasteiger charge is -2.09. The third kappa shape index (κ3) is 4.49. The van der Waals surface area contributed by atoms with E-state index in [0.717, 1.165) is 23.3 Å². The van der Waals surface area contributed by atoms with Gasteiger partial charge in [0.2, 0.25) is 0 Å². The van der Waals surface area contributed by atoms with E-state index in [-0.39, 0.29) is 12.1 Å². The van der Waals surface area contributed by atoms with E-state index in [1.807, 2.05) is 54.6 Å². The van der Waals surface area contributed by atoms with Gasteiger partial charge in [0.1, 0.15) is 17.2 Å². The highest BCUT2D eigenvalue weighted by Gasteiger charge is 2.15. The van der Waals surface area contributed by atoms with Gasteiger partial charge >= 0.3 is 5.97 Å². The van der Waals surface area contributed by atoms with Crippen molar-refractivity contribution in [1.29, 1.82) is 0 Å². The number of nitrogens with zero attached hydrogens (tertiary/aromatic N) is 2. The number of benzene rings is 2. The molecule has 6 heteroatoms. The van der Waals surface area contributed by atoms with E-state index in [1.54, 1.807) is 6.92 Å². The largest absolute Gasteiger partial charge is 0.464 e. The highest BCUT2D eigenvalue weighted by atomic mass is 32.1. The molecule has 0 spiro atoms. The van der Waals surface area contributed by atoms with E-state index in [9.17, 15) is 9.59 Å². The van der Waals surface area contributed by atoms with Crippen LogP contribution in [0.2, 0.25) is 0 Å². The molecule has 0 aliphatic rings. The van der Waals surface area contributed by atoms with Crippen molar-refractivity contribution in [2.24, 2.45) is 0 Å². The normalized spacial score (nSPS) is 11.0. The summed E-state index contributed by atoms with van der Waals surface area (Å²) in [5, 5.41) is 0.529. The third-order valence-electron chi connectivity index (χ3n) is 4.90. The zero-order chi connectivity index (χ0) is 20.9. The van der Waals surface area contributed by atoms with Gasteiger partial charge in [-0.15, -0.1) is 11.3 Å². The van der Waals surface area contributed by atoms with Gasteiger partial charge in [0.25, 0.3) is 5.56 Å². The zero-order valence-corrected chi connectivity index (χ0v) is 17.5. The minimum absolute atomic E-state index is 0.130. The maximum absolute atomic E-state index is 13.0. The third-order valence-corrected chi connectivity index (χ3v) is 5.98. The SMILES string of the molecule is Cc1nc2sc(-c3ccccc3)cc2c(=O)n1CC(=O)OCCCc1ccccc1. The van der Waals surface area contributed by atoms with Crippen LogP contribution in [-0.4, -0.2) is 22.1 Å². The van der Waals surface area contributed by atoms with Crippen LogP contribution in [0.4, 0.5) is 0 Å². The summed E-state index contributed by atoms with van der Waals surface area (Å²) in [5.41, 5.74) is 2.04. The predicted molar refractivity (Wildman–Crippen MR) is 120 cm³/mol. The Hall–Kier alpha value is -3.25. The number of carbonyl (C=O) groups excluding carboxylic acids is 1. The molecule has 2 heterocycles. The van der Waals surface area contributed by atoms with Crippen molar-refractivity contribution in [2.45, 2.75) is 26.3 Å². The number of aryl methyl sites for hydroxylation is 2. The minimum atomic E-state index is -0.423. The first kappa shape index (κ1) is 20.0. The molecule has 0 aliphatic carbocycles. The molecule has 4 aromatic rings. The summed E-state index contributed by atoms with van der Waals surface area (Å²) in [4.78, 5) is 31.5. The molecule has 0 fully saturated rings. The van der Waals surface area contributed by atoms with E-state index in [4.69, 9.17) is 4.74 Å². The molecule has 0 aliphatic heterocycles. The summed E-state index contributed by atoms with van der Waals surface area (Å²) in [6.07, 6.45) is 1.59. The van der Waals surface area contributed by atoms with E-state index < -0.39 is 5.97 Å². The van der Waals surface area contributed by atoms with E-state index in [2.05, 4.69) is 17.1 Å². The summed E-state index contributed by atoms with van der Waals surface area (Å²) in [6.45, 7) is 1.94. The van der Waals surface area contributed by atoms with Crippen LogP contribution in [-0.2, 0) is 22.5 Å². The van der Waals surface area contributed by atoms with E-state index in [1.165, 1.54) is 21.5 Å². The van der Waals surface area contributed by atoms with Crippen molar-refractivity contribution >= 4 is 27.5 Å². The highest BCUT2D eigenvalue weighted by molar-refractivity contribution is 7.21. The van der Waals surface area contributed by atoms with E-state index >= 15 is 0 Å². The molecular weight excluding hydrogens is 396 g/mol. The Labute approximate surface area is 178 Å². The van der Waals surface area contributed by atoms with Crippen molar-refractivity contribution in [3.63, 3.8) is 0 Å². The van der Waals surface area contributed by atoms with Crippen LogP contribution in [0.5, 0.6) is 0 Å². The monoisotopic (exact) mass is 418 g/mol. The molecule has 4 rings (SSSR count). The topological polar surface area (TPSA) is 61.2 Å². The Bertz CT molecular complexity index is 1210. The number of carbonyl (C=O) groups is 1. The van der Waals surface area contributed by atoms with Gasteiger partial charge in [-0.2, -0.15) is 0 Å². The number of ether oxygens (including phenoxy) is 1. The lowest BCUT2D eigenvalue weighted by Crippen LogP contribution is -2.28. The van der Waals surface area contributed by atoms with Crippen molar-refractivity contribution in [3.05, 3.63) is 88.5 Å². The fourth-order valence-corrected chi connectivity index (χ4v) is 4.40. The number of hydrogen-bond acceptors (Lipinski definition) is 5. The van der Waals surface area contributed by atoms with Gasteiger partial charge in [0.15, 0.2) is 0 Å². The van der Waals surface area contributed by atoms with Crippen LogP contribution in [0.1, 0.15) is 17.8 Å². The highest BCUT2D eigenvalue weighted by Crippen LogP contribution is 2.30. The van der Waals surface area contributed by atoms with Gasteiger partial charge < -0.3 is 4.74 Å². The van der Waals surface area contributed by atoms with Crippen molar-refractivity contribution in [2.75, 3.05) is 6.61 Å². The standard InChI is InChI=1S/C24H22N2O3S/c1-17-25-23-20(15-21(30-23)19-12-6-3-7-13-19)24(28)26(17)16-22(27)29-14-8-11-18-9-4-2-5-10-18/h2-7,9-10,12-13,15H,8,11,14,16H2,1H3. The van der Waals surface area contributed by atoms with Crippen LogP contribution >= 0.6 is 11.3 Å². The average molecular weight is 419 g/mol. The Kier molecular flexibility index (Phi) is 6.05. The number of rotatable bonds is 7. The van der Waals surface area contributed by atoms with Gasteiger partial charge in [-0.3, -0.25) is 14.2 Å². The first-order valence-electron chi connectivity index (χ1n) is 9.88. The lowest BCUT2D eigenvalue weighted by atomic mass is 10.1. The molecule has 0 saturated carbocycles. The number of fused-ring (bicyclic) bond motifs is 1. The Morgan fingerprint density at radius 1 is 1.07 bits per heavy atom. The number of hydrogen-bond donors (Lipinski definition) is 0. The molecule has 0 saturated heterocycles. The Balaban J connectivity index is 1.44. The van der Waals surface area contributed by atoms with Gasteiger partial charge in [-0.25, -0.2) is 4.98 Å². The maximum atomic E-state index is 13.0. The maximum Gasteiger partial charge on any atom is 0.326 e. The first-order chi connectivity index (χ1) is 14.6. The zero-order valence-electron chi connectivity index (χ0n) is 16.7. The molecule has 2 aromatic carbocycles. The molecule has 0 bridgehead atoms. The molecule has 0 unspecified atom stereocenters. The molecule has 5 nitrogen and oxygen atoms in total. The van der Waals surface area contributed by atoms with Gasteiger partial charge in [0, 0.05) is 4.88 Å². The fourth-order valence-electron chi connectivity index (χ4n) is 3.33. The molecule has 152 valence electrons. The van der Waals surface area contributed by atoms with Crippen LogP contribution in [0.3, 0.4) is 0 Å². The van der Waals surface area contributed by atoms with E-state index in [0.29, 0.717) is 22.6 Å². The number of thiophene rings is 1. The second-order valence-corrected chi connectivity index (χ2v) is 8.09. The first-order valence-corrected chi connectivity index (χ1v) is 10.7. The molecule has 0 radical (unpaired) electrons. The molecular formula is C24H22N2O3S. The summed E-state index contributed by atoms with van der Waals surface area (Å²) in [6, 6.07) is 21.8. The molecule has 0 N–H and O–H groups in total. The van der Waals surface area contributed by atoms with Crippen LogP contribution in [0.25, 0.3) is 20.7 Å². The Morgan fingerprint density at radius 2 is 1.77 bits per heavy atom. The smallest absolute Gasteiger partial charge is 0.326 e. The average Bonchev–Trinajstić information content (AvgIpc) is 3.20. The summed E-state index contributed by atoms with van der Waals surface area (Å²) >= 11 is 1.48. The Morgan fingerprint density at radius 3 is 2.50 bits per heavy atom. The van der Waals surface area contributed by atoms with Gasteiger partial charge in [0.05, 0.1) is 12.0 Å². The molecule has 0 atom stereocenters.